The smallest absolute Gasteiger partial charge is 0.261 e. The van der Waals surface area contributed by atoms with Gasteiger partial charge in [-0.15, -0.1) is 0 Å². The first-order valence-corrected chi connectivity index (χ1v) is 7.19. The van der Waals surface area contributed by atoms with Crippen LogP contribution in [0.1, 0.15) is 20.7 Å². The molecule has 0 atom stereocenters. The molecule has 132 valence electrons. The zero-order valence-electron chi connectivity index (χ0n) is 13.0. The molecule has 4 N–H and O–H groups in total. The van der Waals surface area contributed by atoms with Gasteiger partial charge in [0.1, 0.15) is 23.7 Å². The van der Waals surface area contributed by atoms with Crippen molar-refractivity contribution in [3.05, 3.63) is 65.5 Å². The number of halogens is 2. The number of amides is 2. The van der Waals surface area contributed by atoms with E-state index in [4.69, 9.17) is 0 Å². The molecule has 26 heavy (non-hydrogen) atoms. The summed E-state index contributed by atoms with van der Waals surface area (Å²) in [6.45, 7) is 0. The van der Waals surface area contributed by atoms with E-state index >= 15 is 0 Å². The van der Waals surface area contributed by atoms with Crippen LogP contribution in [0.25, 0.3) is 0 Å². The van der Waals surface area contributed by atoms with Crippen molar-refractivity contribution in [1.82, 2.24) is 15.2 Å². The third kappa shape index (κ3) is 3.80. The molecule has 0 aliphatic rings. The van der Waals surface area contributed by atoms with Gasteiger partial charge in [0, 0.05) is 23.4 Å². The summed E-state index contributed by atoms with van der Waals surface area (Å²) in [5, 5.41) is 20.7. The fourth-order valence-electron chi connectivity index (χ4n) is 2.13. The lowest BCUT2D eigenvalue weighted by atomic mass is 10.1. The number of carbonyl (C=O) groups excluding carboxylic acids is 2. The number of hydrogen-bond acceptors (Lipinski definition) is 5. The van der Waals surface area contributed by atoms with Gasteiger partial charge in [-0.05, 0) is 24.3 Å². The predicted octanol–water partition coefficient (Wildman–Crippen LogP) is 2.29. The van der Waals surface area contributed by atoms with Crippen molar-refractivity contribution in [2.45, 2.75) is 0 Å². The normalized spacial score (nSPS) is 10.4. The molecular weight excluding hydrogens is 348 g/mol. The number of rotatable bonds is 4. The Kier molecular flexibility index (Phi) is 4.56. The zero-order valence-corrected chi connectivity index (χ0v) is 13.0. The van der Waals surface area contributed by atoms with Crippen LogP contribution in [0.15, 0.2) is 42.7 Å². The largest absolute Gasteiger partial charge is 0.507 e. The molecule has 0 bridgehead atoms. The molecule has 2 amide bonds. The number of carbonyl (C=O) groups is 2. The standard InChI is InChI=1S/C16H11F2N5O3/c17-9-3-8(4-10(18)5-9)14(25)21-11-1-2-12(13(24)6-11)15(26)22-16-19-7-20-23-16/h1-7,24H,(H,21,25)(H2,19,20,22,23,26). The summed E-state index contributed by atoms with van der Waals surface area (Å²) in [5.41, 5.74) is -0.168. The van der Waals surface area contributed by atoms with Gasteiger partial charge in [0.05, 0.1) is 5.56 Å². The Labute approximate surface area is 144 Å². The first kappa shape index (κ1) is 17.0. The van der Waals surface area contributed by atoms with Crippen molar-refractivity contribution in [3.63, 3.8) is 0 Å². The average molecular weight is 359 g/mol. The maximum Gasteiger partial charge on any atom is 0.261 e. The molecule has 3 rings (SSSR count). The van der Waals surface area contributed by atoms with Gasteiger partial charge in [0.2, 0.25) is 5.95 Å². The number of aromatic nitrogens is 3. The van der Waals surface area contributed by atoms with Gasteiger partial charge in [-0.2, -0.15) is 10.1 Å². The minimum absolute atomic E-state index is 0.0730. The maximum absolute atomic E-state index is 13.2. The van der Waals surface area contributed by atoms with Crippen molar-refractivity contribution in [2.24, 2.45) is 0 Å². The van der Waals surface area contributed by atoms with Gasteiger partial charge in [0.15, 0.2) is 0 Å². The highest BCUT2D eigenvalue weighted by Crippen LogP contribution is 2.23. The first-order chi connectivity index (χ1) is 12.4. The molecule has 10 heteroatoms. The maximum atomic E-state index is 13.2. The number of aromatic hydroxyl groups is 1. The molecule has 0 aliphatic heterocycles. The minimum atomic E-state index is -0.891. The molecule has 0 saturated heterocycles. The van der Waals surface area contributed by atoms with Crippen molar-refractivity contribution in [2.75, 3.05) is 10.6 Å². The molecule has 0 saturated carbocycles. The van der Waals surface area contributed by atoms with E-state index in [2.05, 4.69) is 25.8 Å². The van der Waals surface area contributed by atoms with Crippen molar-refractivity contribution in [3.8, 4) is 5.75 Å². The Bertz CT molecular complexity index is 956. The monoisotopic (exact) mass is 359 g/mol. The lowest BCUT2D eigenvalue weighted by Gasteiger charge is -2.09. The van der Waals surface area contributed by atoms with Crippen LogP contribution in [-0.2, 0) is 0 Å². The first-order valence-electron chi connectivity index (χ1n) is 7.19. The molecule has 3 aromatic rings. The number of anilines is 2. The number of hydrogen-bond donors (Lipinski definition) is 4. The molecule has 2 aromatic carbocycles. The Hall–Kier alpha value is -3.82. The van der Waals surface area contributed by atoms with Crippen molar-refractivity contribution < 1.29 is 23.5 Å². The fourth-order valence-corrected chi connectivity index (χ4v) is 2.13. The predicted molar refractivity (Wildman–Crippen MR) is 86.8 cm³/mol. The third-order valence-corrected chi connectivity index (χ3v) is 3.27. The summed E-state index contributed by atoms with van der Waals surface area (Å²) >= 11 is 0. The zero-order chi connectivity index (χ0) is 18.7. The lowest BCUT2D eigenvalue weighted by molar-refractivity contribution is 0.101. The van der Waals surface area contributed by atoms with Crippen molar-refractivity contribution in [1.29, 1.82) is 0 Å². The number of aromatic amines is 1. The second-order valence-corrected chi connectivity index (χ2v) is 5.13. The molecule has 8 nitrogen and oxygen atoms in total. The van der Waals surface area contributed by atoms with Crippen LogP contribution in [-0.4, -0.2) is 32.1 Å². The van der Waals surface area contributed by atoms with Crippen LogP contribution < -0.4 is 10.6 Å². The summed E-state index contributed by atoms with van der Waals surface area (Å²) in [6, 6.07) is 6.13. The molecule has 1 heterocycles. The van der Waals surface area contributed by atoms with Crippen molar-refractivity contribution >= 4 is 23.5 Å². The van der Waals surface area contributed by atoms with Gasteiger partial charge in [-0.1, -0.05) is 0 Å². The summed E-state index contributed by atoms with van der Waals surface area (Å²) < 4.78 is 26.3. The van der Waals surface area contributed by atoms with E-state index in [-0.39, 0.29) is 22.8 Å². The summed E-state index contributed by atoms with van der Waals surface area (Å²) in [7, 11) is 0. The van der Waals surface area contributed by atoms with Crippen LogP contribution >= 0.6 is 0 Å². The Morgan fingerprint density at radius 2 is 1.73 bits per heavy atom. The van der Waals surface area contributed by atoms with Gasteiger partial charge in [-0.25, -0.2) is 13.9 Å². The molecule has 0 unspecified atom stereocenters. The van der Waals surface area contributed by atoms with E-state index in [1.165, 1.54) is 18.5 Å². The highest BCUT2D eigenvalue weighted by atomic mass is 19.1. The Morgan fingerprint density at radius 3 is 2.35 bits per heavy atom. The molecule has 0 fully saturated rings. The van der Waals surface area contributed by atoms with E-state index in [1.807, 2.05) is 0 Å². The number of phenols is 1. The highest BCUT2D eigenvalue weighted by molar-refractivity contribution is 6.07. The number of nitrogens with zero attached hydrogens (tertiary/aromatic N) is 2. The van der Waals surface area contributed by atoms with Gasteiger partial charge in [0.25, 0.3) is 11.8 Å². The summed E-state index contributed by atoms with van der Waals surface area (Å²) in [5.74, 6) is -3.52. The summed E-state index contributed by atoms with van der Waals surface area (Å²) in [4.78, 5) is 27.8. The molecule has 0 spiro atoms. The molecule has 0 radical (unpaired) electrons. The van der Waals surface area contributed by atoms with Gasteiger partial charge < -0.3 is 10.4 Å². The SMILES string of the molecule is O=C(Nc1ccc(C(=O)Nc2ncn[nH]2)c(O)c1)c1cc(F)cc(F)c1. The molecule has 1 aromatic heterocycles. The van der Waals surface area contributed by atoms with Crippen LogP contribution in [0, 0.1) is 11.6 Å². The molecular formula is C16H11F2N5O3. The Balaban J connectivity index is 1.74. The fraction of sp³-hybridized carbons (Fsp3) is 0. The van der Waals surface area contributed by atoms with E-state index in [1.54, 1.807) is 0 Å². The summed E-state index contributed by atoms with van der Waals surface area (Å²) in [6.07, 6.45) is 1.20. The number of phenolic OH excluding ortho intramolecular Hbond substituents is 1. The number of H-pyrrole nitrogens is 1. The van der Waals surface area contributed by atoms with Crippen LogP contribution in [0.4, 0.5) is 20.4 Å². The topological polar surface area (TPSA) is 120 Å². The van der Waals surface area contributed by atoms with Crippen LogP contribution in [0.2, 0.25) is 0 Å². The van der Waals surface area contributed by atoms with Crippen LogP contribution in [0.3, 0.4) is 0 Å². The van der Waals surface area contributed by atoms with Crippen LogP contribution in [0.5, 0.6) is 5.75 Å². The highest BCUT2D eigenvalue weighted by Gasteiger charge is 2.15. The number of benzene rings is 2. The second kappa shape index (κ2) is 6.97. The molecule has 0 aliphatic carbocycles. The van der Waals surface area contributed by atoms with E-state index < -0.39 is 29.2 Å². The quantitative estimate of drug-likeness (QED) is 0.570. The van der Waals surface area contributed by atoms with E-state index in [0.29, 0.717) is 6.07 Å². The second-order valence-electron chi connectivity index (χ2n) is 5.13. The number of nitrogens with one attached hydrogen (secondary N) is 3. The van der Waals surface area contributed by atoms with Gasteiger partial charge >= 0.3 is 0 Å². The lowest BCUT2D eigenvalue weighted by Crippen LogP contribution is -2.15. The van der Waals surface area contributed by atoms with E-state index in [9.17, 15) is 23.5 Å². The van der Waals surface area contributed by atoms with Gasteiger partial charge in [-0.3, -0.25) is 14.9 Å². The Morgan fingerprint density at radius 1 is 1.00 bits per heavy atom. The minimum Gasteiger partial charge on any atom is -0.507 e. The average Bonchev–Trinajstić information content (AvgIpc) is 3.06. The third-order valence-electron chi connectivity index (χ3n) is 3.27. The van der Waals surface area contributed by atoms with E-state index in [0.717, 1.165) is 18.2 Å².